The maximum atomic E-state index is 12.8. The Morgan fingerprint density at radius 1 is 1.32 bits per heavy atom. The van der Waals surface area contributed by atoms with Gasteiger partial charge in [-0.05, 0) is 36.8 Å². The Hall–Kier alpha value is -2.35. The molecule has 1 heterocycles. The van der Waals surface area contributed by atoms with Gasteiger partial charge < -0.3 is 11.1 Å². The first kappa shape index (κ1) is 16.0. The fraction of sp³-hybridized carbons (Fsp3) is 0.286. The summed E-state index contributed by atoms with van der Waals surface area (Å²) in [6, 6.07) is 4.80. The van der Waals surface area contributed by atoms with Crippen LogP contribution >= 0.6 is 0 Å². The summed E-state index contributed by atoms with van der Waals surface area (Å²) in [6.07, 6.45) is -4.51. The largest absolute Gasteiger partial charge is 0.416 e. The molecule has 0 spiro atoms. The number of hydrogen-bond acceptors (Lipinski definition) is 3. The zero-order valence-corrected chi connectivity index (χ0v) is 12.0. The number of carbonyl (C=O) groups is 1. The minimum absolute atomic E-state index is 0.0409. The van der Waals surface area contributed by atoms with Crippen LogP contribution in [0.2, 0.25) is 0 Å². The van der Waals surface area contributed by atoms with Crippen LogP contribution in [0.5, 0.6) is 0 Å². The first-order valence-corrected chi connectivity index (χ1v) is 6.44. The summed E-state index contributed by atoms with van der Waals surface area (Å²) in [5, 5.41) is 6.46. The minimum atomic E-state index is -4.51. The van der Waals surface area contributed by atoms with Gasteiger partial charge in [-0.3, -0.25) is 9.48 Å². The number of carbonyl (C=O) groups excluding carboxylic acids is 1. The lowest BCUT2D eigenvalue weighted by Crippen LogP contribution is -2.17. The van der Waals surface area contributed by atoms with Crippen LogP contribution in [0.1, 0.15) is 27.3 Å². The van der Waals surface area contributed by atoms with Crippen molar-refractivity contribution in [2.24, 2.45) is 12.8 Å². The molecule has 0 aliphatic carbocycles. The highest BCUT2D eigenvalue weighted by Gasteiger charge is 2.31. The zero-order valence-electron chi connectivity index (χ0n) is 12.0. The van der Waals surface area contributed by atoms with Crippen LogP contribution in [0.4, 0.5) is 18.9 Å². The van der Waals surface area contributed by atoms with Gasteiger partial charge in [0.05, 0.1) is 11.3 Å². The SMILES string of the molecule is Cc1cc(C(=O)Nc2cc(CN)cc(C(F)(F)F)c2)n(C)n1. The second-order valence-electron chi connectivity index (χ2n) is 4.87. The first-order valence-electron chi connectivity index (χ1n) is 6.44. The third-order valence-corrected chi connectivity index (χ3v) is 3.05. The highest BCUT2D eigenvalue weighted by atomic mass is 19.4. The average Bonchev–Trinajstić information content (AvgIpc) is 2.76. The number of rotatable bonds is 3. The van der Waals surface area contributed by atoms with Crippen molar-refractivity contribution in [2.75, 3.05) is 5.32 Å². The summed E-state index contributed by atoms with van der Waals surface area (Å²) in [6.45, 7) is 1.66. The Morgan fingerprint density at radius 2 is 2.00 bits per heavy atom. The molecule has 2 aromatic rings. The molecule has 0 saturated heterocycles. The van der Waals surface area contributed by atoms with E-state index in [0.717, 1.165) is 12.1 Å². The molecule has 0 atom stereocenters. The van der Waals surface area contributed by atoms with Crippen LogP contribution in [0.3, 0.4) is 0 Å². The number of aryl methyl sites for hydroxylation is 2. The van der Waals surface area contributed by atoms with Crippen molar-refractivity contribution in [1.29, 1.82) is 0 Å². The highest BCUT2D eigenvalue weighted by Crippen LogP contribution is 2.32. The number of aromatic nitrogens is 2. The second-order valence-corrected chi connectivity index (χ2v) is 4.87. The van der Waals surface area contributed by atoms with Gasteiger partial charge in [0, 0.05) is 19.3 Å². The molecule has 0 radical (unpaired) electrons. The van der Waals surface area contributed by atoms with Crippen molar-refractivity contribution in [3.05, 3.63) is 46.8 Å². The Bertz CT molecular complexity index is 707. The molecule has 1 aromatic carbocycles. The number of halogens is 3. The van der Waals surface area contributed by atoms with E-state index < -0.39 is 17.6 Å². The number of benzene rings is 1. The number of hydrogen-bond donors (Lipinski definition) is 2. The molecule has 8 heteroatoms. The molecule has 5 nitrogen and oxygen atoms in total. The van der Waals surface area contributed by atoms with E-state index in [0.29, 0.717) is 5.69 Å². The van der Waals surface area contributed by atoms with Crippen LogP contribution < -0.4 is 11.1 Å². The zero-order chi connectivity index (χ0) is 16.5. The number of nitrogens with one attached hydrogen (secondary N) is 1. The van der Waals surface area contributed by atoms with E-state index in [-0.39, 0.29) is 23.5 Å². The topological polar surface area (TPSA) is 72.9 Å². The first-order chi connectivity index (χ1) is 10.2. The number of alkyl halides is 3. The molecule has 0 aliphatic rings. The lowest BCUT2D eigenvalue weighted by Gasteiger charge is -2.12. The van der Waals surface area contributed by atoms with Crippen molar-refractivity contribution in [2.45, 2.75) is 19.6 Å². The van der Waals surface area contributed by atoms with Crippen molar-refractivity contribution in [3.8, 4) is 0 Å². The monoisotopic (exact) mass is 312 g/mol. The van der Waals surface area contributed by atoms with Gasteiger partial charge in [0.1, 0.15) is 5.69 Å². The predicted molar refractivity (Wildman–Crippen MR) is 75.2 cm³/mol. The lowest BCUT2D eigenvalue weighted by molar-refractivity contribution is -0.137. The van der Waals surface area contributed by atoms with Gasteiger partial charge in [-0.2, -0.15) is 18.3 Å². The molecular formula is C14H15F3N4O. The Balaban J connectivity index is 2.33. The maximum Gasteiger partial charge on any atom is 0.416 e. The molecule has 0 saturated carbocycles. The van der Waals surface area contributed by atoms with E-state index in [1.54, 1.807) is 20.0 Å². The molecule has 0 aliphatic heterocycles. The van der Waals surface area contributed by atoms with Gasteiger partial charge in [-0.1, -0.05) is 0 Å². The molecule has 0 fully saturated rings. The third kappa shape index (κ3) is 3.45. The summed E-state index contributed by atoms with van der Waals surface area (Å²) in [4.78, 5) is 12.1. The van der Waals surface area contributed by atoms with Gasteiger partial charge in [0.2, 0.25) is 0 Å². The Labute approximate surface area is 124 Å². The maximum absolute atomic E-state index is 12.8. The summed E-state index contributed by atoms with van der Waals surface area (Å²) < 4.78 is 39.9. The third-order valence-electron chi connectivity index (χ3n) is 3.05. The Kier molecular flexibility index (Phi) is 4.23. The molecule has 1 amide bonds. The van der Waals surface area contributed by atoms with Gasteiger partial charge in [-0.25, -0.2) is 0 Å². The summed E-state index contributed by atoms with van der Waals surface area (Å²) in [7, 11) is 1.58. The molecule has 118 valence electrons. The number of nitrogens with two attached hydrogens (primary N) is 1. The fourth-order valence-corrected chi connectivity index (χ4v) is 2.06. The van der Waals surface area contributed by atoms with E-state index >= 15 is 0 Å². The van der Waals surface area contributed by atoms with Crippen molar-refractivity contribution < 1.29 is 18.0 Å². The van der Waals surface area contributed by atoms with E-state index in [4.69, 9.17) is 5.73 Å². The number of amides is 1. The van der Waals surface area contributed by atoms with Gasteiger partial charge in [0.15, 0.2) is 0 Å². The van der Waals surface area contributed by atoms with Crippen LogP contribution in [-0.2, 0) is 19.8 Å². The standard InChI is InChI=1S/C14H15F3N4O/c1-8-3-12(21(2)20-8)13(22)19-11-5-9(7-18)4-10(6-11)14(15,16)17/h3-6H,7,18H2,1-2H3,(H,19,22). The summed E-state index contributed by atoms with van der Waals surface area (Å²) >= 11 is 0. The average molecular weight is 312 g/mol. The lowest BCUT2D eigenvalue weighted by atomic mass is 10.1. The van der Waals surface area contributed by atoms with E-state index in [1.807, 2.05) is 0 Å². The Morgan fingerprint density at radius 3 is 2.50 bits per heavy atom. The van der Waals surface area contributed by atoms with Crippen molar-refractivity contribution >= 4 is 11.6 Å². The van der Waals surface area contributed by atoms with Crippen LogP contribution in [0.25, 0.3) is 0 Å². The second kappa shape index (κ2) is 5.80. The van der Waals surface area contributed by atoms with E-state index in [9.17, 15) is 18.0 Å². The van der Waals surface area contributed by atoms with Crippen molar-refractivity contribution in [3.63, 3.8) is 0 Å². The van der Waals surface area contributed by atoms with E-state index in [1.165, 1.54) is 10.7 Å². The van der Waals surface area contributed by atoms with Gasteiger partial charge >= 0.3 is 6.18 Å². The fourth-order valence-electron chi connectivity index (χ4n) is 2.06. The minimum Gasteiger partial charge on any atom is -0.326 e. The molecule has 3 N–H and O–H groups in total. The molecule has 1 aromatic heterocycles. The molecule has 0 unspecified atom stereocenters. The van der Waals surface area contributed by atoms with Gasteiger partial charge in [-0.15, -0.1) is 0 Å². The molecule has 2 rings (SSSR count). The van der Waals surface area contributed by atoms with Crippen LogP contribution in [0, 0.1) is 6.92 Å². The number of nitrogens with zero attached hydrogens (tertiary/aromatic N) is 2. The molecular weight excluding hydrogens is 297 g/mol. The highest BCUT2D eigenvalue weighted by molar-refractivity contribution is 6.03. The predicted octanol–water partition coefficient (Wildman–Crippen LogP) is 2.46. The van der Waals surface area contributed by atoms with E-state index in [2.05, 4.69) is 10.4 Å². The van der Waals surface area contributed by atoms with Crippen LogP contribution in [0.15, 0.2) is 24.3 Å². The van der Waals surface area contributed by atoms with Crippen molar-refractivity contribution in [1.82, 2.24) is 9.78 Å². The molecule has 22 heavy (non-hydrogen) atoms. The quantitative estimate of drug-likeness (QED) is 0.914. The van der Waals surface area contributed by atoms with Gasteiger partial charge in [0.25, 0.3) is 5.91 Å². The molecule has 0 bridgehead atoms. The smallest absolute Gasteiger partial charge is 0.326 e. The summed E-state index contributed by atoms with van der Waals surface area (Å²) in [5.74, 6) is -0.537. The summed E-state index contributed by atoms with van der Waals surface area (Å²) in [5.41, 5.74) is 5.77. The van der Waals surface area contributed by atoms with Crippen LogP contribution in [-0.4, -0.2) is 15.7 Å². The normalized spacial score (nSPS) is 11.5. The number of anilines is 1.